The lowest BCUT2D eigenvalue weighted by Crippen LogP contribution is -2.44. The number of benzene rings is 1. The molecule has 2 aromatic heterocycles. The van der Waals surface area contributed by atoms with Crippen molar-refractivity contribution in [3.05, 3.63) is 59.1 Å². The van der Waals surface area contributed by atoms with Gasteiger partial charge >= 0.3 is 5.97 Å². The number of fused-ring (bicyclic) bond motifs is 1. The summed E-state index contributed by atoms with van der Waals surface area (Å²) in [5.41, 5.74) is 1.04. The maximum Gasteiger partial charge on any atom is 0.308 e. The van der Waals surface area contributed by atoms with Crippen molar-refractivity contribution in [2.75, 3.05) is 32.5 Å². The molecule has 1 fully saturated rings. The number of aliphatic carboxylic acids is 1. The molecule has 3 heterocycles. The van der Waals surface area contributed by atoms with Crippen LogP contribution in [0.15, 0.2) is 47.8 Å². The summed E-state index contributed by atoms with van der Waals surface area (Å²) < 4.78 is 18.6. The Labute approximate surface area is 218 Å². The molecule has 190 valence electrons. The summed E-state index contributed by atoms with van der Waals surface area (Å²) in [4.78, 5) is 35.8. The number of pyridine rings is 2. The standard InChI is InChI=1S/C26H27ClFN3O4S/c1-35-18-3-4-22-19(13-18)25(21(27)14-30-22)23(32)5-2-16-7-9-31(15-20(16)26(33)34)10-11-36-24-12-17(28)6-8-29-24/h3-4,6,8,12-14,16,20H,2,5,7,9-11,15H2,1H3,(H,33,34). The van der Waals surface area contributed by atoms with Crippen molar-refractivity contribution in [3.63, 3.8) is 0 Å². The number of hydrogen-bond acceptors (Lipinski definition) is 7. The van der Waals surface area contributed by atoms with Gasteiger partial charge in [0.25, 0.3) is 0 Å². The molecule has 0 saturated carbocycles. The van der Waals surface area contributed by atoms with E-state index >= 15 is 0 Å². The van der Waals surface area contributed by atoms with E-state index in [1.54, 1.807) is 25.3 Å². The maximum atomic E-state index is 13.3. The van der Waals surface area contributed by atoms with Crippen LogP contribution in [0, 0.1) is 17.7 Å². The lowest BCUT2D eigenvalue weighted by Gasteiger charge is -2.36. The van der Waals surface area contributed by atoms with Crippen LogP contribution in [0.1, 0.15) is 29.6 Å². The van der Waals surface area contributed by atoms with Gasteiger partial charge in [0.15, 0.2) is 5.78 Å². The van der Waals surface area contributed by atoms with Gasteiger partial charge in [-0.1, -0.05) is 11.6 Å². The van der Waals surface area contributed by atoms with Gasteiger partial charge in [0.05, 0.1) is 28.6 Å². The van der Waals surface area contributed by atoms with Crippen LogP contribution >= 0.6 is 23.4 Å². The van der Waals surface area contributed by atoms with Crippen LogP contribution in [-0.4, -0.2) is 64.2 Å². The topological polar surface area (TPSA) is 92.6 Å². The molecule has 0 amide bonds. The fraction of sp³-hybridized carbons (Fsp3) is 0.385. The summed E-state index contributed by atoms with van der Waals surface area (Å²) in [5, 5.41) is 11.4. The van der Waals surface area contributed by atoms with Crippen LogP contribution in [0.4, 0.5) is 4.39 Å². The summed E-state index contributed by atoms with van der Waals surface area (Å²) in [5.74, 6) is -0.697. The van der Waals surface area contributed by atoms with Crippen LogP contribution < -0.4 is 4.74 Å². The highest BCUT2D eigenvalue weighted by Gasteiger charge is 2.34. The van der Waals surface area contributed by atoms with E-state index in [9.17, 15) is 19.1 Å². The molecule has 1 N–H and O–H groups in total. The number of piperidine rings is 1. The van der Waals surface area contributed by atoms with Gasteiger partial charge in [-0.25, -0.2) is 9.37 Å². The van der Waals surface area contributed by atoms with Crippen molar-refractivity contribution >= 4 is 46.0 Å². The van der Waals surface area contributed by atoms with Crippen molar-refractivity contribution < 1.29 is 23.8 Å². The Morgan fingerprint density at radius 2 is 2.11 bits per heavy atom. The zero-order valence-electron chi connectivity index (χ0n) is 19.8. The molecular weight excluding hydrogens is 505 g/mol. The number of hydrogen-bond donors (Lipinski definition) is 1. The first-order valence-corrected chi connectivity index (χ1v) is 13.1. The van der Waals surface area contributed by atoms with Crippen LogP contribution in [-0.2, 0) is 4.79 Å². The van der Waals surface area contributed by atoms with Crippen molar-refractivity contribution in [1.82, 2.24) is 14.9 Å². The second-order valence-corrected chi connectivity index (χ2v) is 10.3. The number of carboxylic acids is 1. The quantitative estimate of drug-likeness (QED) is 0.281. The Kier molecular flexibility index (Phi) is 8.77. The molecule has 0 radical (unpaired) electrons. The summed E-state index contributed by atoms with van der Waals surface area (Å²) in [6.45, 7) is 1.84. The molecule has 0 bridgehead atoms. The molecule has 36 heavy (non-hydrogen) atoms. The number of carboxylic acid groups (broad SMARTS) is 1. The van der Waals surface area contributed by atoms with Gasteiger partial charge in [0.2, 0.25) is 0 Å². The monoisotopic (exact) mass is 531 g/mol. The van der Waals surface area contributed by atoms with Crippen molar-refractivity contribution in [1.29, 1.82) is 0 Å². The van der Waals surface area contributed by atoms with Gasteiger partial charge in [0.1, 0.15) is 11.6 Å². The molecule has 3 aromatic rings. The zero-order valence-corrected chi connectivity index (χ0v) is 21.4. The summed E-state index contributed by atoms with van der Waals surface area (Å²) in [6, 6.07) is 7.99. The van der Waals surface area contributed by atoms with Crippen LogP contribution in [0.5, 0.6) is 5.75 Å². The van der Waals surface area contributed by atoms with E-state index in [0.29, 0.717) is 58.9 Å². The number of nitrogens with zero attached hydrogens (tertiary/aromatic N) is 3. The number of thioether (sulfide) groups is 1. The normalized spacial score (nSPS) is 18.3. The number of carbonyl (C=O) groups is 2. The van der Waals surface area contributed by atoms with Gasteiger partial charge in [-0.05, 0) is 49.6 Å². The molecular formula is C26H27ClFN3O4S. The Balaban J connectivity index is 1.36. The second-order valence-electron chi connectivity index (χ2n) is 8.78. The SMILES string of the molecule is COc1ccc2ncc(Cl)c(C(=O)CCC3CCN(CCSc4cc(F)ccn4)CC3C(=O)O)c2c1. The second kappa shape index (κ2) is 12.0. The third-order valence-corrected chi connectivity index (χ3v) is 7.75. The number of methoxy groups -OCH3 is 1. The van der Waals surface area contributed by atoms with E-state index in [-0.39, 0.29) is 29.0 Å². The molecule has 2 unspecified atom stereocenters. The minimum absolute atomic E-state index is 0.110. The van der Waals surface area contributed by atoms with Crippen LogP contribution in [0.2, 0.25) is 5.02 Å². The zero-order chi connectivity index (χ0) is 25.7. The van der Waals surface area contributed by atoms with Crippen LogP contribution in [0.3, 0.4) is 0 Å². The third kappa shape index (κ3) is 6.32. The number of ketones is 1. The predicted molar refractivity (Wildman–Crippen MR) is 137 cm³/mol. The van der Waals surface area contributed by atoms with Gasteiger partial charge in [-0.3, -0.25) is 14.6 Å². The minimum Gasteiger partial charge on any atom is -0.497 e. The number of Topliss-reactive ketones (excluding diaryl/α,β-unsaturated/α-hetero) is 1. The third-order valence-electron chi connectivity index (χ3n) is 6.56. The molecule has 0 spiro atoms. The molecule has 1 aromatic carbocycles. The number of aromatic nitrogens is 2. The summed E-state index contributed by atoms with van der Waals surface area (Å²) >= 11 is 7.81. The highest BCUT2D eigenvalue weighted by atomic mass is 35.5. The molecule has 10 heteroatoms. The Hall–Kier alpha value is -2.75. The Morgan fingerprint density at radius 1 is 1.28 bits per heavy atom. The first-order chi connectivity index (χ1) is 17.4. The summed E-state index contributed by atoms with van der Waals surface area (Å²) in [7, 11) is 1.55. The van der Waals surface area contributed by atoms with Gasteiger partial charge in [-0.2, -0.15) is 0 Å². The Morgan fingerprint density at radius 3 is 2.86 bits per heavy atom. The molecule has 7 nitrogen and oxygen atoms in total. The molecule has 1 aliphatic heterocycles. The number of ether oxygens (including phenoxy) is 1. The molecule has 1 saturated heterocycles. The molecule has 0 aliphatic carbocycles. The predicted octanol–water partition coefficient (Wildman–Crippen LogP) is 5.21. The van der Waals surface area contributed by atoms with E-state index < -0.39 is 11.9 Å². The van der Waals surface area contributed by atoms with Gasteiger partial charge in [0, 0.05) is 54.7 Å². The number of halogens is 2. The van der Waals surface area contributed by atoms with E-state index in [4.69, 9.17) is 16.3 Å². The highest BCUT2D eigenvalue weighted by Crippen LogP contribution is 2.32. The number of carbonyl (C=O) groups excluding carboxylic acids is 1. The number of likely N-dealkylation sites (tertiary alicyclic amines) is 1. The average molecular weight is 532 g/mol. The number of rotatable bonds is 10. The fourth-order valence-electron chi connectivity index (χ4n) is 4.64. The molecule has 4 rings (SSSR count). The largest absolute Gasteiger partial charge is 0.497 e. The van der Waals surface area contributed by atoms with Crippen LogP contribution in [0.25, 0.3) is 10.9 Å². The lowest BCUT2D eigenvalue weighted by atomic mass is 9.81. The van der Waals surface area contributed by atoms with Gasteiger partial charge < -0.3 is 14.7 Å². The maximum absolute atomic E-state index is 13.3. The Bertz CT molecular complexity index is 1260. The van der Waals surface area contributed by atoms with Crippen molar-refractivity contribution in [2.24, 2.45) is 11.8 Å². The lowest BCUT2D eigenvalue weighted by molar-refractivity contribution is -0.146. The summed E-state index contributed by atoms with van der Waals surface area (Å²) in [6.07, 6.45) is 4.26. The van der Waals surface area contributed by atoms with E-state index in [1.807, 2.05) is 0 Å². The first-order valence-electron chi connectivity index (χ1n) is 11.7. The van der Waals surface area contributed by atoms with E-state index in [2.05, 4.69) is 14.9 Å². The average Bonchev–Trinajstić information content (AvgIpc) is 2.87. The molecule has 1 aliphatic rings. The highest BCUT2D eigenvalue weighted by molar-refractivity contribution is 7.99. The fourth-order valence-corrected chi connectivity index (χ4v) is 5.79. The van der Waals surface area contributed by atoms with Crippen molar-refractivity contribution in [3.8, 4) is 5.75 Å². The molecule has 2 atom stereocenters. The van der Waals surface area contributed by atoms with E-state index in [1.165, 1.54) is 36.3 Å². The van der Waals surface area contributed by atoms with Crippen molar-refractivity contribution in [2.45, 2.75) is 24.3 Å². The minimum atomic E-state index is -0.853. The van der Waals surface area contributed by atoms with E-state index in [0.717, 1.165) is 6.54 Å². The van der Waals surface area contributed by atoms with Gasteiger partial charge in [-0.15, -0.1) is 11.8 Å². The first kappa shape index (κ1) is 26.3. The smallest absolute Gasteiger partial charge is 0.308 e.